The normalized spacial score (nSPS) is 18.7. The van der Waals surface area contributed by atoms with Crippen molar-refractivity contribution >= 4 is 29.3 Å². The summed E-state index contributed by atoms with van der Waals surface area (Å²) in [6.07, 6.45) is 1.32. The molecule has 0 spiro atoms. The van der Waals surface area contributed by atoms with Crippen LogP contribution >= 0.6 is 11.6 Å². The second kappa shape index (κ2) is 6.13. The molecule has 1 fully saturated rings. The minimum absolute atomic E-state index is 0.241. The summed E-state index contributed by atoms with van der Waals surface area (Å²) in [7, 11) is 0. The number of urea groups is 1. The Hall–Kier alpha value is -1.75. The van der Waals surface area contributed by atoms with Crippen molar-refractivity contribution < 1.29 is 14.7 Å². The average molecular weight is 297 g/mol. The molecule has 20 heavy (non-hydrogen) atoms. The number of nitrogens with zero attached hydrogens (tertiary/aromatic N) is 1. The zero-order chi connectivity index (χ0) is 14.7. The molecule has 0 unspecified atom stereocenters. The largest absolute Gasteiger partial charge is 0.481 e. The van der Waals surface area contributed by atoms with E-state index < -0.39 is 11.9 Å². The van der Waals surface area contributed by atoms with Gasteiger partial charge in [-0.15, -0.1) is 0 Å². The van der Waals surface area contributed by atoms with Crippen LogP contribution in [0.15, 0.2) is 18.2 Å². The van der Waals surface area contributed by atoms with E-state index in [2.05, 4.69) is 5.32 Å². The van der Waals surface area contributed by atoms with Gasteiger partial charge in [0.25, 0.3) is 0 Å². The molecule has 2 rings (SSSR count). The highest BCUT2D eigenvalue weighted by atomic mass is 35.5. The Morgan fingerprint density at radius 3 is 2.90 bits per heavy atom. The lowest BCUT2D eigenvalue weighted by atomic mass is 9.99. The summed E-state index contributed by atoms with van der Waals surface area (Å²) in [5.41, 5.74) is 1.54. The Balaban J connectivity index is 2.04. The van der Waals surface area contributed by atoms with Crippen LogP contribution in [0.3, 0.4) is 0 Å². The van der Waals surface area contributed by atoms with Crippen LogP contribution in [0.5, 0.6) is 0 Å². The third-order valence-corrected chi connectivity index (χ3v) is 3.75. The summed E-state index contributed by atoms with van der Waals surface area (Å²) in [5.74, 6) is -1.33. The maximum Gasteiger partial charge on any atom is 0.321 e. The van der Waals surface area contributed by atoms with Crippen LogP contribution in [-0.4, -0.2) is 35.1 Å². The molecule has 6 heteroatoms. The van der Waals surface area contributed by atoms with Crippen molar-refractivity contribution in [2.75, 3.05) is 18.4 Å². The summed E-state index contributed by atoms with van der Waals surface area (Å²) in [5, 5.41) is 12.2. The number of carbonyl (C=O) groups is 2. The van der Waals surface area contributed by atoms with Gasteiger partial charge in [-0.05, 0) is 37.5 Å². The van der Waals surface area contributed by atoms with Crippen LogP contribution in [0.1, 0.15) is 18.4 Å². The number of carboxylic acids is 1. The first kappa shape index (κ1) is 14.7. The van der Waals surface area contributed by atoms with Gasteiger partial charge >= 0.3 is 12.0 Å². The van der Waals surface area contributed by atoms with Gasteiger partial charge < -0.3 is 15.3 Å². The van der Waals surface area contributed by atoms with E-state index in [1.165, 1.54) is 4.90 Å². The Labute approximate surface area is 122 Å². The third-order valence-electron chi connectivity index (χ3n) is 3.42. The molecule has 1 saturated heterocycles. The maximum absolute atomic E-state index is 12.2. The van der Waals surface area contributed by atoms with Crippen LogP contribution in [-0.2, 0) is 4.79 Å². The summed E-state index contributed by atoms with van der Waals surface area (Å²) in [4.78, 5) is 24.7. The van der Waals surface area contributed by atoms with Crippen LogP contribution < -0.4 is 5.32 Å². The van der Waals surface area contributed by atoms with Crippen LogP contribution in [0, 0.1) is 12.8 Å². The number of piperidine rings is 1. The number of nitrogens with one attached hydrogen (secondary N) is 1. The minimum Gasteiger partial charge on any atom is -0.481 e. The lowest BCUT2D eigenvalue weighted by Crippen LogP contribution is -2.44. The molecule has 5 nitrogen and oxygen atoms in total. The number of hydrogen-bond acceptors (Lipinski definition) is 2. The fourth-order valence-corrected chi connectivity index (χ4v) is 2.46. The smallest absolute Gasteiger partial charge is 0.321 e. The summed E-state index contributed by atoms with van der Waals surface area (Å²) in [6.45, 7) is 2.72. The molecule has 2 amide bonds. The van der Waals surface area contributed by atoms with Crippen LogP contribution in [0.2, 0.25) is 5.02 Å². The fourth-order valence-electron chi connectivity index (χ4n) is 2.29. The summed E-state index contributed by atoms with van der Waals surface area (Å²) in [6, 6.07) is 5.07. The lowest BCUT2D eigenvalue weighted by Gasteiger charge is -2.30. The van der Waals surface area contributed by atoms with Gasteiger partial charge in [-0.25, -0.2) is 4.79 Å². The van der Waals surface area contributed by atoms with Crippen molar-refractivity contribution in [1.29, 1.82) is 0 Å². The number of benzene rings is 1. The molecule has 1 aromatic carbocycles. The molecular formula is C14H17ClN2O3. The number of anilines is 1. The molecule has 0 radical (unpaired) electrons. The monoisotopic (exact) mass is 296 g/mol. The van der Waals surface area contributed by atoms with Gasteiger partial charge in [0.2, 0.25) is 0 Å². The van der Waals surface area contributed by atoms with Crippen molar-refractivity contribution in [2.45, 2.75) is 19.8 Å². The predicted octanol–water partition coefficient (Wildman–Crippen LogP) is 2.98. The summed E-state index contributed by atoms with van der Waals surface area (Å²) >= 11 is 6.03. The van der Waals surface area contributed by atoms with E-state index in [0.29, 0.717) is 30.1 Å². The fraction of sp³-hybridized carbons (Fsp3) is 0.429. The molecule has 1 aliphatic rings. The van der Waals surface area contributed by atoms with Gasteiger partial charge in [0, 0.05) is 13.1 Å². The molecule has 108 valence electrons. The van der Waals surface area contributed by atoms with Crippen molar-refractivity contribution in [3.8, 4) is 0 Å². The standard InChI is InChI=1S/C14H17ClN2O3/c1-9-4-5-11(15)12(7-9)16-14(20)17-6-2-3-10(8-17)13(18)19/h4-5,7,10H,2-3,6,8H2,1H3,(H,16,20)(H,18,19)/t10-/m1/s1. The van der Waals surface area contributed by atoms with Crippen LogP contribution in [0.25, 0.3) is 0 Å². The molecule has 1 atom stereocenters. The van der Waals surface area contributed by atoms with Crippen molar-refractivity contribution in [1.82, 2.24) is 4.90 Å². The van der Waals surface area contributed by atoms with E-state index >= 15 is 0 Å². The van der Waals surface area contributed by atoms with Crippen molar-refractivity contribution in [2.24, 2.45) is 5.92 Å². The first-order valence-corrected chi connectivity index (χ1v) is 6.90. The van der Waals surface area contributed by atoms with Crippen molar-refractivity contribution in [3.05, 3.63) is 28.8 Å². The number of aryl methyl sites for hydroxylation is 1. The van der Waals surface area contributed by atoms with Gasteiger partial charge in [0.1, 0.15) is 0 Å². The molecule has 0 aliphatic carbocycles. The number of rotatable bonds is 2. The zero-order valence-corrected chi connectivity index (χ0v) is 12.0. The second-order valence-corrected chi connectivity index (χ2v) is 5.44. The molecule has 0 aromatic heterocycles. The highest BCUT2D eigenvalue weighted by Crippen LogP contribution is 2.24. The van der Waals surface area contributed by atoms with E-state index in [4.69, 9.17) is 16.7 Å². The quantitative estimate of drug-likeness (QED) is 0.881. The third kappa shape index (κ3) is 3.42. The van der Waals surface area contributed by atoms with Crippen molar-refractivity contribution in [3.63, 3.8) is 0 Å². The minimum atomic E-state index is -0.851. The number of carbonyl (C=O) groups excluding carboxylic acids is 1. The SMILES string of the molecule is Cc1ccc(Cl)c(NC(=O)N2CCC[C@@H](C(=O)O)C2)c1. The van der Waals surface area contributed by atoms with E-state index in [0.717, 1.165) is 5.56 Å². The van der Waals surface area contributed by atoms with Gasteiger partial charge in [-0.1, -0.05) is 17.7 Å². The zero-order valence-electron chi connectivity index (χ0n) is 11.2. The molecule has 2 N–H and O–H groups in total. The Morgan fingerprint density at radius 2 is 2.20 bits per heavy atom. The van der Waals surface area contributed by atoms with Gasteiger partial charge in [0.05, 0.1) is 16.6 Å². The molecule has 0 saturated carbocycles. The topological polar surface area (TPSA) is 69.6 Å². The number of likely N-dealkylation sites (tertiary alicyclic amines) is 1. The number of hydrogen-bond donors (Lipinski definition) is 2. The van der Waals surface area contributed by atoms with Crippen LogP contribution in [0.4, 0.5) is 10.5 Å². The second-order valence-electron chi connectivity index (χ2n) is 5.04. The molecule has 0 bridgehead atoms. The van der Waals surface area contributed by atoms with E-state index in [-0.39, 0.29) is 12.6 Å². The Bertz CT molecular complexity index is 533. The Kier molecular flexibility index (Phi) is 4.49. The van der Waals surface area contributed by atoms with Gasteiger partial charge in [-0.2, -0.15) is 0 Å². The predicted molar refractivity (Wildman–Crippen MR) is 77.1 cm³/mol. The summed E-state index contributed by atoms with van der Waals surface area (Å²) < 4.78 is 0. The number of halogens is 1. The lowest BCUT2D eigenvalue weighted by molar-refractivity contribution is -0.143. The van der Waals surface area contributed by atoms with E-state index in [9.17, 15) is 9.59 Å². The average Bonchev–Trinajstić information content (AvgIpc) is 2.43. The first-order chi connectivity index (χ1) is 9.47. The maximum atomic E-state index is 12.2. The van der Waals surface area contributed by atoms with Gasteiger partial charge in [-0.3, -0.25) is 4.79 Å². The highest BCUT2D eigenvalue weighted by molar-refractivity contribution is 6.33. The molecular weight excluding hydrogens is 280 g/mol. The number of aliphatic carboxylic acids is 1. The number of carboxylic acid groups (broad SMARTS) is 1. The van der Waals surface area contributed by atoms with E-state index in [1.807, 2.05) is 13.0 Å². The molecule has 1 aromatic rings. The first-order valence-electron chi connectivity index (χ1n) is 6.52. The highest BCUT2D eigenvalue weighted by Gasteiger charge is 2.28. The van der Waals surface area contributed by atoms with E-state index in [1.54, 1.807) is 12.1 Å². The number of amides is 2. The van der Waals surface area contributed by atoms with Gasteiger partial charge in [0.15, 0.2) is 0 Å². The molecule has 1 heterocycles. The molecule has 1 aliphatic heterocycles. The Morgan fingerprint density at radius 1 is 1.45 bits per heavy atom.